The van der Waals surface area contributed by atoms with E-state index in [-0.39, 0.29) is 11.7 Å². The number of halogens is 2. The van der Waals surface area contributed by atoms with Crippen LogP contribution in [-0.4, -0.2) is 25.8 Å². The van der Waals surface area contributed by atoms with Crippen molar-refractivity contribution >= 4 is 28.1 Å². The van der Waals surface area contributed by atoms with E-state index in [9.17, 15) is 9.18 Å². The number of hydrazone groups is 1. The van der Waals surface area contributed by atoms with Crippen molar-refractivity contribution in [2.45, 2.75) is 13.5 Å². The molecule has 0 bridgehead atoms. The van der Waals surface area contributed by atoms with Gasteiger partial charge in [0.05, 0.1) is 24.4 Å². The summed E-state index contributed by atoms with van der Waals surface area (Å²) in [7, 11) is 1.52. The fourth-order valence-electron chi connectivity index (χ4n) is 2.77. The van der Waals surface area contributed by atoms with Gasteiger partial charge in [-0.05, 0) is 82.5 Å². The summed E-state index contributed by atoms with van der Waals surface area (Å²) >= 11 is 3.47. The molecule has 32 heavy (non-hydrogen) atoms. The Bertz CT molecular complexity index is 1100. The number of hydrogen-bond donors (Lipinski definition) is 1. The summed E-state index contributed by atoms with van der Waals surface area (Å²) in [6.07, 6.45) is 1.53. The summed E-state index contributed by atoms with van der Waals surface area (Å²) in [5.41, 5.74) is 4.51. The van der Waals surface area contributed by atoms with Crippen molar-refractivity contribution in [3.63, 3.8) is 0 Å². The fourth-order valence-corrected chi connectivity index (χ4v) is 3.28. The average Bonchev–Trinajstić information content (AvgIpc) is 2.80. The molecule has 0 aliphatic rings. The van der Waals surface area contributed by atoms with Gasteiger partial charge in [0.2, 0.25) is 0 Å². The van der Waals surface area contributed by atoms with Gasteiger partial charge in [-0.1, -0.05) is 12.1 Å². The number of nitrogens with one attached hydrogen (secondary N) is 1. The molecule has 0 spiro atoms. The van der Waals surface area contributed by atoms with Crippen LogP contribution in [0.2, 0.25) is 0 Å². The summed E-state index contributed by atoms with van der Waals surface area (Å²) < 4.78 is 30.2. The van der Waals surface area contributed by atoms with Crippen molar-refractivity contribution in [1.29, 1.82) is 0 Å². The first-order valence-electron chi connectivity index (χ1n) is 9.81. The molecule has 3 rings (SSSR count). The number of methoxy groups -OCH3 is 1. The van der Waals surface area contributed by atoms with Crippen LogP contribution in [0.3, 0.4) is 0 Å². The first kappa shape index (κ1) is 23.3. The number of hydrogen-bond acceptors (Lipinski definition) is 5. The molecule has 0 saturated carbocycles. The smallest absolute Gasteiger partial charge is 0.271 e. The van der Waals surface area contributed by atoms with E-state index in [1.807, 2.05) is 13.0 Å². The van der Waals surface area contributed by atoms with Gasteiger partial charge in [0.25, 0.3) is 5.91 Å². The zero-order valence-corrected chi connectivity index (χ0v) is 19.2. The third kappa shape index (κ3) is 6.31. The summed E-state index contributed by atoms with van der Waals surface area (Å²) in [6.45, 7) is 2.68. The molecule has 0 saturated heterocycles. The lowest BCUT2D eigenvalue weighted by molar-refractivity contribution is 0.0954. The second kappa shape index (κ2) is 11.3. The van der Waals surface area contributed by atoms with Crippen LogP contribution in [0.15, 0.2) is 70.2 Å². The Morgan fingerprint density at radius 3 is 2.47 bits per heavy atom. The fraction of sp³-hybridized carbons (Fsp3) is 0.167. The van der Waals surface area contributed by atoms with E-state index >= 15 is 0 Å². The van der Waals surface area contributed by atoms with Crippen LogP contribution in [0.25, 0.3) is 0 Å². The van der Waals surface area contributed by atoms with E-state index in [4.69, 9.17) is 14.2 Å². The van der Waals surface area contributed by atoms with E-state index in [0.29, 0.717) is 36.0 Å². The Hall–Kier alpha value is -3.39. The highest BCUT2D eigenvalue weighted by molar-refractivity contribution is 9.10. The molecule has 0 heterocycles. The molecule has 0 unspecified atom stereocenters. The maximum atomic E-state index is 13.0. The van der Waals surface area contributed by atoms with Gasteiger partial charge >= 0.3 is 0 Å². The highest BCUT2D eigenvalue weighted by atomic mass is 79.9. The molecular weight excluding hydrogens is 479 g/mol. The van der Waals surface area contributed by atoms with E-state index < -0.39 is 0 Å². The molecule has 1 N–H and O–H groups in total. The molecule has 3 aromatic carbocycles. The largest absolute Gasteiger partial charge is 0.493 e. The molecule has 8 heteroatoms. The minimum atomic E-state index is -0.374. The molecular formula is C24H22BrFN2O4. The summed E-state index contributed by atoms with van der Waals surface area (Å²) in [5, 5.41) is 4.01. The summed E-state index contributed by atoms with van der Waals surface area (Å²) in [4.78, 5) is 12.4. The SMILES string of the molecule is CCOc1ccc(C(=O)N/N=C/c2ccc(OCc3ccc(F)cc3)c(Br)c2)cc1OC. The molecule has 166 valence electrons. The van der Waals surface area contributed by atoms with Gasteiger partial charge in [0.15, 0.2) is 11.5 Å². The van der Waals surface area contributed by atoms with Crippen molar-refractivity contribution in [3.05, 3.63) is 87.6 Å². The number of amides is 1. The van der Waals surface area contributed by atoms with Crippen LogP contribution < -0.4 is 19.6 Å². The van der Waals surface area contributed by atoms with Crippen LogP contribution in [0.5, 0.6) is 17.2 Å². The summed E-state index contributed by atoms with van der Waals surface area (Å²) in [5.74, 6) is 1.02. The highest BCUT2D eigenvalue weighted by Crippen LogP contribution is 2.28. The zero-order valence-electron chi connectivity index (χ0n) is 17.6. The molecule has 1 amide bonds. The first-order valence-corrected chi connectivity index (χ1v) is 10.6. The number of nitrogens with zero attached hydrogens (tertiary/aromatic N) is 1. The minimum absolute atomic E-state index is 0.285. The molecule has 0 radical (unpaired) electrons. The second-order valence-electron chi connectivity index (χ2n) is 6.60. The lowest BCUT2D eigenvalue weighted by Gasteiger charge is -2.10. The zero-order chi connectivity index (χ0) is 22.9. The van der Waals surface area contributed by atoms with Crippen LogP contribution in [-0.2, 0) is 6.61 Å². The average molecular weight is 501 g/mol. The topological polar surface area (TPSA) is 69.2 Å². The number of carbonyl (C=O) groups excluding carboxylic acids is 1. The van der Waals surface area contributed by atoms with Crippen molar-refractivity contribution in [2.75, 3.05) is 13.7 Å². The standard InChI is InChI=1S/C24H22BrFN2O4/c1-3-31-22-11-7-18(13-23(22)30-2)24(29)28-27-14-17-6-10-21(20(25)12-17)32-15-16-4-8-19(26)9-5-16/h4-14H,3,15H2,1-2H3,(H,28,29)/b27-14+. The number of ether oxygens (including phenoxy) is 3. The normalized spacial score (nSPS) is 10.8. The Labute approximate surface area is 194 Å². The predicted molar refractivity (Wildman–Crippen MR) is 124 cm³/mol. The Morgan fingerprint density at radius 2 is 1.78 bits per heavy atom. The van der Waals surface area contributed by atoms with Crippen molar-refractivity contribution in [3.8, 4) is 17.2 Å². The van der Waals surface area contributed by atoms with Gasteiger partial charge in [0.1, 0.15) is 18.2 Å². The van der Waals surface area contributed by atoms with Gasteiger partial charge in [-0.25, -0.2) is 9.82 Å². The lowest BCUT2D eigenvalue weighted by atomic mass is 10.2. The van der Waals surface area contributed by atoms with Crippen molar-refractivity contribution in [2.24, 2.45) is 5.10 Å². The second-order valence-corrected chi connectivity index (χ2v) is 7.46. The van der Waals surface area contributed by atoms with Crippen LogP contribution in [0.1, 0.15) is 28.4 Å². The molecule has 0 fully saturated rings. The molecule has 0 aliphatic carbocycles. The van der Waals surface area contributed by atoms with E-state index in [1.165, 1.54) is 25.5 Å². The lowest BCUT2D eigenvalue weighted by Crippen LogP contribution is -2.17. The van der Waals surface area contributed by atoms with Crippen LogP contribution in [0, 0.1) is 5.82 Å². The van der Waals surface area contributed by atoms with E-state index in [0.717, 1.165) is 15.6 Å². The number of carbonyl (C=O) groups is 1. The van der Waals surface area contributed by atoms with Gasteiger partial charge < -0.3 is 14.2 Å². The maximum absolute atomic E-state index is 13.0. The minimum Gasteiger partial charge on any atom is -0.493 e. The van der Waals surface area contributed by atoms with Gasteiger partial charge in [-0.3, -0.25) is 4.79 Å². The molecule has 6 nitrogen and oxygen atoms in total. The molecule has 0 atom stereocenters. The highest BCUT2D eigenvalue weighted by Gasteiger charge is 2.10. The van der Waals surface area contributed by atoms with Crippen LogP contribution in [0.4, 0.5) is 4.39 Å². The quantitative estimate of drug-likeness (QED) is 0.318. The Morgan fingerprint density at radius 1 is 1.03 bits per heavy atom. The van der Waals surface area contributed by atoms with Crippen molar-refractivity contribution < 1.29 is 23.4 Å². The Kier molecular flexibility index (Phi) is 8.21. The number of rotatable bonds is 9. The third-order valence-corrected chi connectivity index (χ3v) is 4.99. The van der Waals surface area contributed by atoms with E-state index in [1.54, 1.807) is 42.5 Å². The third-order valence-electron chi connectivity index (χ3n) is 4.37. The van der Waals surface area contributed by atoms with Gasteiger partial charge in [-0.15, -0.1) is 0 Å². The van der Waals surface area contributed by atoms with Crippen LogP contribution >= 0.6 is 15.9 Å². The first-order chi connectivity index (χ1) is 15.5. The molecule has 3 aromatic rings. The Balaban J connectivity index is 1.58. The molecule has 0 aromatic heterocycles. The van der Waals surface area contributed by atoms with Gasteiger partial charge in [-0.2, -0.15) is 5.10 Å². The molecule has 0 aliphatic heterocycles. The monoisotopic (exact) mass is 500 g/mol. The number of benzene rings is 3. The van der Waals surface area contributed by atoms with Gasteiger partial charge in [0, 0.05) is 5.56 Å². The maximum Gasteiger partial charge on any atom is 0.271 e. The van der Waals surface area contributed by atoms with Crippen molar-refractivity contribution in [1.82, 2.24) is 5.43 Å². The predicted octanol–water partition coefficient (Wildman–Crippen LogP) is 5.34. The van der Waals surface area contributed by atoms with E-state index in [2.05, 4.69) is 26.5 Å². The summed E-state index contributed by atoms with van der Waals surface area (Å²) in [6, 6.07) is 16.5.